The normalized spacial score (nSPS) is 22.8. The van der Waals surface area contributed by atoms with Crippen molar-refractivity contribution in [2.75, 3.05) is 13.2 Å². The molecule has 2 heterocycles. The van der Waals surface area contributed by atoms with E-state index in [2.05, 4.69) is 5.09 Å². The van der Waals surface area contributed by atoms with Crippen molar-refractivity contribution in [2.24, 2.45) is 11.1 Å². The molecular formula is C29H37N3O9P+. The molecule has 3 unspecified atom stereocenters. The number of nitrogens with one attached hydrogen (secondary N) is 1. The molecule has 3 aromatic rings. The number of primary amides is 1. The first-order chi connectivity index (χ1) is 19.8. The van der Waals surface area contributed by atoms with Gasteiger partial charge in [0.25, 0.3) is 12.1 Å². The predicted molar refractivity (Wildman–Crippen MR) is 152 cm³/mol. The van der Waals surface area contributed by atoms with Crippen LogP contribution in [0.3, 0.4) is 0 Å². The summed E-state index contributed by atoms with van der Waals surface area (Å²) in [5.74, 6) is -1.09. The van der Waals surface area contributed by atoms with Gasteiger partial charge < -0.3 is 29.9 Å². The number of nitrogens with zero attached hydrogens (tertiary/aromatic N) is 1. The zero-order valence-electron chi connectivity index (χ0n) is 23.9. The minimum atomic E-state index is -4.32. The van der Waals surface area contributed by atoms with E-state index >= 15 is 0 Å². The third-order valence-electron chi connectivity index (χ3n) is 6.47. The monoisotopic (exact) mass is 602 g/mol. The van der Waals surface area contributed by atoms with E-state index < -0.39 is 56.8 Å². The number of carbonyl (C=O) groups is 2. The summed E-state index contributed by atoms with van der Waals surface area (Å²) in [6.07, 6.45) is -2.18. The van der Waals surface area contributed by atoms with Crippen LogP contribution in [-0.4, -0.2) is 59.7 Å². The smallest absolute Gasteiger partial charge is 0.459 e. The van der Waals surface area contributed by atoms with Crippen molar-refractivity contribution in [3.8, 4) is 5.75 Å². The molecule has 1 aromatic heterocycles. The molecule has 1 aliphatic heterocycles. The van der Waals surface area contributed by atoms with E-state index in [9.17, 15) is 24.4 Å². The molecule has 0 aliphatic carbocycles. The molecule has 1 amide bonds. The number of fused-ring (bicyclic) bond motifs is 1. The van der Waals surface area contributed by atoms with Crippen LogP contribution < -0.4 is 19.9 Å². The Morgan fingerprint density at radius 1 is 1.10 bits per heavy atom. The van der Waals surface area contributed by atoms with Gasteiger partial charge in [-0.15, -0.1) is 0 Å². The van der Waals surface area contributed by atoms with Gasteiger partial charge in [-0.05, 0) is 29.9 Å². The van der Waals surface area contributed by atoms with E-state index in [0.717, 1.165) is 5.39 Å². The maximum absolute atomic E-state index is 14.1. The van der Waals surface area contributed by atoms with Gasteiger partial charge in [0.15, 0.2) is 18.5 Å². The van der Waals surface area contributed by atoms with Gasteiger partial charge in [-0.25, -0.2) is 4.57 Å². The molecule has 5 N–H and O–H groups in total. The Morgan fingerprint density at radius 2 is 1.81 bits per heavy atom. The van der Waals surface area contributed by atoms with Gasteiger partial charge in [0, 0.05) is 11.5 Å². The molecule has 6 atom stereocenters. The number of rotatable bonds is 11. The highest BCUT2D eigenvalue weighted by molar-refractivity contribution is 7.52. The first kappa shape index (κ1) is 31.6. The highest BCUT2D eigenvalue weighted by atomic mass is 31.2. The van der Waals surface area contributed by atoms with Crippen molar-refractivity contribution in [3.05, 3.63) is 72.6 Å². The lowest BCUT2D eigenvalue weighted by Crippen LogP contribution is -2.46. The fourth-order valence-corrected chi connectivity index (χ4v) is 5.80. The maximum atomic E-state index is 14.1. The molecule has 12 nitrogen and oxygen atoms in total. The number of benzene rings is 2. The Balaban J connectivity index is 1.54. The topological polar surface area (TPSA) is 171 Å². The second-order valence-electron chi connectivity index (χ2n) is 11.3. The van der Waals surface area contributed by atoms with E-state index in [1.807, 2.05) is 39.0 Å². The summed E-state index contributed by atoms with van der Waals surface area (Å²) < 4.78 is 38.4. The molecule has 0 radical (unpaired) electrons. The van der Waals surface area contributed by atoms with Crippen LogP contribution in [0.2, 0.25) is 0 Å². The van der Waals surface area contributed by atoms with Crippen molar-refractivity contribution in [1.29, 1.82) is 0 Å². The maximum Gasteiger partial charge on any atom is 0.459 e. The molecule has 0 saturated carbocycles. The molecule has 0 spiro atoms. The number of nitrogens with two attached hydrogens (primary N) is 1. The first-order valence-corrected chi connectivity index (χ1v) is 15.0. The van der Waals surface area contributed by atoms with Crippen LogP contribution in [0.4, 0.5) is 0 Å². The Hall–Kier alpha value is -3.38. The van der Waals surface area contributed by atoms with E-state index in [0.29, 0.717) is 5.39 Å². The highest BCUT2D eigenvalue weighted by Crippen LogP contribution is 2.47. The van der Waals surface area contributed by atoms with Crippen LogP contribution in [0.1, 0.15) is 44.3 Å². The van der Waals surface area contributed by atoms with Crippen molar-refractivity contribution in [2.45, 2.75) is 58.3 Å². The molecular weight excluding hydrogens is 565 g/mol. The largest absolute Gasteiger partial charge is 0.464 e. The van der Waals surface area contributed by atoms with Crippen LogP contribution in [0.15, 0.2) is 67.0 Å². The van der Waals surface area contributed by atoms with Gasteiger partial charge in [0.1, 0.15) is 29.6 Å². The number of hydrogen-bond acceptors (Lipinski definition) is 9. The van der Waals surface area contributed by atoms with Crippen molar-refractivity contribution in [3.63, 3.8) is 0 Å². The van der Waals surface area contributed by atoms with E-state index in [-0.39, 0.29) is 23.3 Å². The SMILES string of the molecule is CC(NP(=O)(OCC1O[C@@H]([n+]2cccc(C(N)=O)c2)[C@H](O)[C@@H]1O)Oc1cccc2ccccc12)C(=O)OCC(C)(C)C. The average Bonchev–Trinajstić information content (AvgIpc) is 3.23. The number of esters is 1. The number of ether oxygens (including phenoxy) is 2. The van der Waals surface area contributed by atoms with E-state index in [1.165, 1.54) is 30.0 Å². The van der Waals surface area contributed by atoms with Crippen LogP contribution in [0, 0.1) is 5.41 Å². The van der Waals surface area contributed by atoms with Crippen LogP contribution in [0.5, 0.6) is 5.75 Å². The molecule has 226 valence electrons. The zero-order chi connectivity index (χ0) is 30.7. The van der Waals surface area contributed by atoms with Crippen LogP contribution >= 0.6 is 7.75 Å². The second-order valence-corrected chi connectivity index (χ2v) is 13.0. The fourth-order valence-electron chi connectivity index (χ4n) is 4.28. The minimum absolute atomic E-state index is 0.142. The van der Waals surface area contributed by atoms with Crippen LogP contribution in [0.25, 0.3) is 10.8 Å². The third-order valence-corrected chi connectivity index (χ3v) is 8.10. The number of carbonyl (C=O) groups excluding carboxylic acids is 2. The molecule has 1 saturated heterocycles. The predicted octanol–water partition coefficient (Wildman–Crippen LogP) is 2.62. The first-order valence-electron chi connectivity index (χ1n) is 13.4. The molecule has 42 heavy (non-hydrogen) atoms. The fraction of sp³-hybridized carbons (Fsp3) is 0.414. The Bertz CT molecular complexity index is 1470. The lowest BCUT2D eigenvalue weighted by Gasteiger charge is -2.25. The standard InChI is InChI=1S/C29H36N3O9P/c1-18(28(36)38-17-29(2,3)4)31-42(37,41-22-13-7-10-19-9-5-6-12-21(19)22)39-16-23-24(33)25(34)27(40-23)32-14-8-11-20(15-32)26(30)35/h5-15,18,23-25,27,33-34H,16-17H2,1-4H3,(H2-,30,31,35,37)/p+1/t18?,23?,24-,25-,27-,42?/m1/s1. The number of aliphatic hydroxyl groups excluding tert-OH is 2. The lowest BCUT2D eigenvalue weighted by atomic mass is 9.99. The van der Waals surface area contributed by atoms with Crippen molar-refractivity contribution < 1.29 is 47.5 Å². The molecule has 0 bridgehead atoms. The van der Waals surface area contributed by atoms with Gasteiger partial charge in [0.2, 0.25) is 0 Å². The Morgan fingerprint density at radius 3 is 2.52 bits per heavy atom. The second kappa shape index (κ2) is 12.9. The number of pyridine rings is 1. The highest BCUT2D eigenvalue weighted by Gasteiger charge is 2.49. The number of aromatic nitrogens is 1. The zero-order valence-corrected chi connectivity index (χ0v) is 24.8. The van der Waals surface area contributed by atoms with E-state index in [1.54, 1.807) is 30.3 Å². The van der Waals surface area contributed by atoms with Gasteiger partial charge >= 0.3 is 13.7 Å². The number of hydrogen-bond donors (Lipinski definition) is 4. The van der Waals surface area contributed by atoms with E-state index in [4.69, 9.17) is 24.3 Å². The Kier molecular flexibility index (Phi) is 9.67. The molecule has 1 aliphatic rings. The Labute approximate surface area is 243 Å². The number of amides is 1. The summed E-state index contributed by atoms with van der Waals surface area (Å²) >= 11 is 0. The number of aliphatic hydroxyl groups is 2. The molecule has 2 aromatic carbocycles. The van der Waals surface area contributed by atoms with Crippen molar-refractivity contribution in [1.82, 2.24) is 5.09 Å². The average molecular weight is 603 g/mol. The van der Waals surface area contributed by atoms with Gasteiger partial charge in [-0.2, -0.15) is 9.65 Å². The van der Waals surface area contributed by atoms with Gasteiger partial charge in [-0.3, -0.25) is 14.1 Å². The third kappa shape index (κ3) is 7.71. The summed E-state index contributed by atoms with van der Waals surface area (Å²) in [7, 11) is -4.32. The summed E-state index contributed by atoms with van der Waals surface area (Å²) in [6.45, 7) is 6.86. The summed E-state index contributed by atoms with van der Waals surface area (Å²) in [4.78, 5) is 24.3. The summed E-state index contributed by atoms with van der Waals surface area (Å²) in [5.41, 5.74) is 5.25. The minimum Gasteiger partial charge on any atom is -0.464 e. The van der Waals surface area contributed by atoms with Gasteiger partial charge in [0.05, 0.1) is 13.2 Å². The van der Waals surface area contributed by atoms with Crippen LogP contribution in [-0.2, 0) is 23.4 Å². The summed E-state index contributed by atoms with van der Waals surface area (Å²) in [5, 5.41) is 25.5. The summed E-state index contributed by atoms with van der Waals surface area (Å²) in [6, 6.07) is 14.5. The molecule has 4 rings (SSSR count). The molecule has 1 fully saturated rings. The quantitative estimate of drug-likeness (QED) is 0.145. The lowest BCUT2D eigenvalue weighted by molar-refractivity contribution is -0.765. The van der Waals surface area contributed by atoms with Crippen molar-refractivity contribution >= 4 is 30.4 Å². The molecule has 13 heteroatoms. The van der Waals surface area contributed by atoms with Gasteiger partial charge in [-0.1, -0.05) is 57.2 Å².